The van der Waals surface area contributed by atoms with Gasteiger partial charge in [-0.2, -0.15) is 0 Å². The predicted molar refractivity (Wildman–Crippen MR) is 89.3 cm³/mol. The van der Waals surface area contributed by atoms with E-state index in [1.165, 1.54) is 0 Å². The fraction of sp³-hybridized carbons (Fsp3) is 0.316. The number of benzene rings is 2. The van der Waals surface area contributed by atoms with Crippen molar-refractivity contribution >= 4 is 5.84 Å². The summed E-state index contributed by atoms with van der Waals surface area (Å²) in [6.45, 7) is 1.89. The van der Waals surface area contributed by atoms with Crippen LogP contribution in [-0.4, -0.2) is 35.7 Å². The molecule has 122 valence electrons. The maximum absolute atomic E-state index is 11.6. The van der Waals surface area contributed by atoms with Crippen LogP contribution in [0.15, 0.2) is 47.5 Å². The molecule has 0 aromatic heterocycles. The van der Waals surface area contributed by atoms with E-state index in [0.717, 1.165) is 53.5 Å². The second kappa shape index (κ2) is 4.98. The van der Waals surface area contributed by atoms with E-state index in [0.29, 0.717) is 6.42 Å². The molecule has 0 radical (unpaired) electrons. The van der Waals surface area contributed by atoms with E-state index >= 15 is 0 Å². The van der Waals surface area contributed by atoms with Gasteiger partial charge in [0.1, 0.15) is 5.84 Å². The third-order valence-corrected chi connectivity index (χ3v) is 4.99. The minimum absolute atomic E-state index is 0.259. The molecule has 2 aromatic carbocycles. The number of hydrogen-bond donors (Lipinski definition) is 1. The Hall–Kier alpha value is -2.53. The maximum Gasteiger partial charge on any atom is 0.231 e. The van der Waals surface area contributed by atoms with Crippen LogP contribution in [0.2, 0.25) is 0 Å². The van der Waals surface area contributed by atoms with Gasteiger partial charge in [0.05, 0.1) is 0 Å². The molecule has 3 aliphatic heterocycles. The van der Waals surface area contributed by atoms with E-state index < -0.39 is 5.72 Å². The van der Waals surface area contributed by atoms with Crippen LogP contribution < -0.4 is 9.47 Å². The SMILES string of the molecule is OC1(Cc2ccc3c(c2)OCO3)c2ccccc2C2=NCCCN21. The topological polar surface area (TPSA) is 54.3 Å². The fourth-order valence-electron chi connectivity index (χ4n) is 3.89. The summed E-state index contributed by atoms with van der Waals surface area (Å²) in [7, 11) is 0. The van der Waals surface area contributed by atoms with Crippen LogP contribution in [-0.2, 0) is 12.1 Å². The summed E-state index contributed by atoms with van der Waals surface area (Å²) in [6, 6.07) is 13.9. The first-order valence-corrected chi connectivity index (χ1v) is 8.28. The van der Waals surface area contributed by atoms with E-state index in [4.69, 9.17) is 9.47 Å². The van der Waals surface area contributed by atoms with Crippen molar-refractivity contribution in [3.05, 3.63) is 59.2 Å². The summed E-state index contributed by atoms with van der Waals surface area (Å²) >= 11 is 0. The Balaban J connectivity index is 1.58. The van der Waals surface area contributed by atoms with Gasteiger partial charge in [-0.1, -0.05) is 30.3 Å². The van der Waals surface area contributed by atoms with Gasteiger partial charge in [0, 0.05) is 30.6 Å². The summed E-state index contributed by atoms with van der Waals surface area (Å²) in [6.07, 6.45) is 1.45. The number of ether oxygens (including phenoxy) is 2. The van der Waals surface area contributed by atoms with Gasteiger partial charge < -0.3 is 19.5 Å². The summed E-state index contributed by atoms with van der Waals surface area (Å²) in [5.74, 6) is 2.42. The standard InChI is InChI=1S/C19H18N2O3/c22-19(11-13-6-7-16-17(10-13)24-12-23-16)15-5-2-1-4-14(15)18-20-8-3-9-21(18)19/h1-2,4-7,10,22H,3,8-9,11-12H2. The zero-order valence-corrected chi connectivity index (χ0v) is 13.2. The van der Waals surface area contributed by atoms with Crippen molar-refractivity contribution < 1.29 is 14.6 Å². The Morgan fingerprint density at radius 1 is 1.12 bits per heavy atom. The Bertz CT molecular complexity index is 848. The minimum atomic E-state index is -1.07. The molecule has 1 atom stereocenters. The molecule has 2 aromatic rings. The number of amidine groups is 1. The Kier molecular flexibility index (Phi) is 2.88. The van der Waals surface area contributed by atoms with Crippen molar-refractivity contribution in [3.8, 4) is 11.5 Å². The Labute approximate surface area is 140 Å². The van der Waals surface area contributed by atoms with Crippen molar-refractivity contribution in [1.82, 2.24) is 4.90 Å². The molecule has 5 rings (SSSR count). The van der Waals surface area contributed by atoms with E-state index in [9.17, 15) is 5.11 Å². The molecule has 0 saturated heterocycles. The highest BCUT2D eigenvalue weighted by Crippen LogP contribution is 2.42. The smallest absolute Gasteiger partial charge is 0.231 e. The zero-order chi connectivity index (χ0) is 16.1. The number of aliphatic imine (C=N–C) groups is 1. The molecule has 0 saturated carbocycles. The Morgan fingerprint density at radius 2 is 2.00 bits per heavy atom. The second-order valence-electron chi connectivity index (χ2n) is 6.44. The van der Waals surface area contributed by atoms with Crippen LogP contribution in [0.3, 0.4) is 0 Å². The lowest BCUT2D eigenvalue weighted by Gasteiger charge is -2.37. The van der Waals surface area contributed by atoms with Crippen LogP contribution >= 0.6 is 0 Å². The van der Waals surface area contributed by atoms with Crippen LogP contribution in [0, 0.1) is 0 Å². The summed E-state index contributed by atoms with van der Waals surface area (Å²) in [4.78, 5) is 6.71. The van der Waals surface area contributed by atoms with Crippen LogP contribution in [0.5, 0.6) is 11.5 Å². The lowest BCUT2D eigenvalue weighted by atomic mass is 9.94. The highest BCUT2D eigenvalue weighted by Gasteiger charge is 2.47. The first-order chi connectivity index (χ1) is 11.8. The van der Waals surface area contributed by atoms with Crippen LogP contribution in [0.1, 0.15) is 23.1 Å². The minimum Gasteiger partial charge on any atom is -0.454 e. The lowest BCUT2D eigenvalue weighted by Crippen LogP contribution is -2.47. The van der Waals surface area contributed by atoms with Gasteiger partial charge in [-0.05, 0) is 24.1 Å². The molecule has 0 spiro atoms. The molecule has 1 unspecified atom stereocenters. The molecule has 5 nitrogen and oxygen atoms in total. The van der Waals surface area contributed by atoms with Gasteiger partial charge in [0.25, 0.3) is 0 Å². The number of nitrogens with zero attached hydrogens (tertiary/aromatic N) is 2. The molecular formula is C19H18N2O3. The first kappa shape index (κ1) is 13.9. The van der Waals surface area contributed by atoms with Gasteiger partial charge >= 0.3 is 0 Å². The van der Waals surface area contributed by atoms with Gasteiger partial charge in [-0.25, -0.2) is 0 Å². The van der Waals surface area contributed by atoms with Gasteiger partial charge in [0.15, 0.2) is 17.2 Å². The largest absolute Gasteiger partial charge is 0.454 e. The third kappa shape index (κ3) is 1.88. The number of fused-ring (bicyclic) bond motifs is 4. The maximum atomic E-state index is 11.6. The van der Waals surface area contributed by atoms with Crippen molar-refractivity contribution in [1.29, 1.82) is 0 Å². The van der Waals surface area contributed by atoms with E-state index in [1.807, 2.05) is 47.4 Å². The summed E-state index contributed by atoms with van der Waals surface area (Å²) < 4.78 is 10.8. The van der Waals surface area contributed by atoms with Gasteiger partial charge in [-0.15, -0.1) is 0 Å². The number of hydrogen-bond acceptors (Lipinski definition) is 5. The van der Waals surface area contributed by atoms with E-state index in [1.54, 1.807) is 0 Å². The predicted octanol–water partition coefficient (Wildman–Crippen LogP) is 2.27. The second-order valence-corrected chi connectivity index (χ2v) is 6.44. The molecule has 3 aliphatic rings. The average Bonchev–Trinajstić information content (AvgIpc) is 3.18. The molecule has 5 heteroatoms. The van der Waals surface area contributed by atoms with Crippen LogP contribution in [0.4, 0.5) is 0 Å². The first-order valence-electron chi connectivity index (χ1n) is 8.28. The zero-order valence-electron chi connectivity index (χ0n) is 13.2. The number of rotatable bonds is 2. The monoisotopic (exact) mass is 322 g/mol. The van der Waals surface area contributed by atoms with E-state index in [-0.39, 0.29) is 6.79 Å². The molecule has 0 bridgehead atoms. The summed E-state index contributed by atoms with van der Waals surface area (Å²) in [5, 5.41) is 11.6. The fourth-order valence-corrected chi connectivity index (χ4v) is 3.89. The van der Waals surface area contributed by atoms with Gasteiger partial charge in [-0.3, -0.25) is 4.99 Å². The number of aliphatic hydroxyl groups is 1. The average molecular weight is 322 g/mol. The summed E-state index contributed by atoms with van der Waals surface area (Å²) in [5.41, 5.74) is 1.93. The molecule has 0 aliphatic carbocycles. The highest BCUT2D eigenvalue weighted by atomic mass is 16.7. The molecule has 0 amide bonds. The molecule has 1 N–H and O–H groups in total. The highest BCUT2D eigenvalue weighted by molar-refractivity contribution is 6.04. The van der Waals surface area contributed by atoms with Crippen molar-refractivity contribution in [2.45, 2.75) is 18.6 Å². The third-order valence-electron chi connectivity index (χ3n) is 4.99. The molecule has 24 heavy (non-hydrogen) atoms. The van der Waals surface area contributed by atoms with E-state index in [2.05, 4.69) is 4.99 Å². The van der Waals surface area contributed by atoms with Crippen LogP contribution in [0.25, 0.3) is 0 Å². The quantitative estimate of drug-likeness (QED) is 0.921. The van der Waals surface area contributed by atoms with Gasteiger partial charge in [0.2, 0.25) is 6.79 Å². The van der Waals surface area contributed by atoms with Crippen molar-refractivity contribution in [2.75, 3.05) is 19.9 Å². The molecule has 3 heterocycles. The van der Waals surface area contributed by atoms with Crippen molar-refractivity contribution in [3.63, 3.8) is 0 Å². The molecular weight excluding hydrogens is 304 g/mol. The Morgan fingerprint density at radius 3 is 2.96 bits per heavy atom. The molecule has 0 fully saturated rings. The normalized spacial score (nSPS) is 23.7. The lowest BCUT2D eigenvalue weighted by molar-refractivity contribution is -0.0704. The van der Waals surface area contributed by atoms with Crippen molar-refractivity contribution in [2.24, 2.45) is 4.99 Å².